The molecular formula is C84H160N2O16. The van der Waals surface area contributed by atoms with E-state index >= 15 is 0 Å². The van der Waals surface area contributed by atoms with Gasteiger partial charge in [0.15, 0.2) is 30.6 Å². The minimum Gasteiger partial charge on any atom is -0.480 e. The van der Waals surface area contributed by atoms with Gasteiger partial charge in [0, 0.05) is 19.8 Å². The van der Waals surface area contributed by atoms with Crippen LogP contribution in [0.15, 0.2) is 0 Å². The average molecular weight is 1450 g/mol. The zero-order chi connectivity index (χ0) is 74.6. The van der Waals surface area contributed by atoms with Crippen LogP contribution in [0.3, 0.4) is 0 Å². The molecule has 0 aromatic rings. The maximum atomic E-state index is 14.9. The van der Waals surface area contributed by atoms with E-state index in [1.165, 1.54) is 180 Å². The molecule has 18 heteroatoms. The number of carboxylic acid groups (broad SMARTS) is 1. The highest BCUT2D eigenvalue weighted by atomic mass is 16.7. The molecule has 1 heterocycles. The van der Waals surface area contributed by atoms with E-state index < -0.39 is 111 Å². The van der Waals surface area contributed by atoms with Gasteiger partial charge in [-0.1, -0.05) is 350 Å². The van der Waals surface area contributed by atoms with Gasteiger partial charge in [-0.2, -0.15) is 0 Å². The molecule has 102 heavy (non-hydrogen) atoms. The number of carboxylic acids is 1. The van der Waals surface area contributed by atoms with Gasteiger partial charge in [-0.15, -0.1) is 0 Å². The van der Waals surface area contributed by atoms with Gasteiger partial charge < -0.3 is 64.2 Å². The smallest absolute Gasteiger partial charge is 0.337 e. The van der Waals surface area contributed by atoms with Gasteiger partial charge in [0.05, 0.1) is 57.4 Å². The first-order valence-electron chi connectivity index (χ1n) is 43.0. The fraction of sp³-hybridized carbons (Fsp3) is 0.940. The van der Waals surface area contributed by atoms with Gasteiger partial charge in [0.2, 0.25) is 11.8 Å². The van der Waals surface area contributed by atoms with Crippen molar-refractivity contribution in [1.29, 1.82) is 0 Å². The van der Waals surface area contributed by atoms with Crippen molar-refractivity contribution in [3.8, 4) is 0 Å². The van der Waals surface area contributed by atoms with Crippen molar-refractivity contribution < 1.29 is 77.6 Å². The second-order valence-electron chi connectivity index (χ2n) is 30.0. The molecule has 0 aliphatic carbocycles. The van der Waals surface area contributed by atoms with Crippen LogP contribution in [0.2, 0.25) is 0 Å². The summed E-state index contributed by atoms with van der Waals surface area (Å²) in [5.74, 6) is -4.54. The Hall–Kier alpha value is -2.97. The van der Waals surface area contributed by atoms with Gasteiger partial charge in [0.1, 0.15) is 12.1 Å². The van der Waals surface area contributed by atoms with Crippen LogP contribution in [0.1, 0.15) is 408 Å². The maximum Gasteiger partial charge on any atom is 0.337 e. The van der Waals surface area contributed by atoms with Crippen molar-refractivity contribution in [2.45, 2.75) is 469 Å². The van der Waals surface area contributed by atoms with Crippen LogP contribution in [0.4, 0.5) is 0 Å². The van der Waals surface area contributed by atoms with E-state index in [0.717, 1.165) is 148 Å². The summed E-state index contributed by atoms with van der Waals surface area (Å²) in [6.45, 7) is 12.1. The Morgan fingerprint density at radius 2 is 0.706 bits per heavy atom. The number of unbranched alkanes of at least 4 members (excludes halogenated alkanes) is 45. The highest BCUT2D eigenvalue weighted by molar-refractivity contribution is 5.84. The van der Waals surface area contributed by atoms with Crippen LogP contribution in [0.25, 0.3) is 0 Å². The first kappa shape index (κ1) is 97.0. The molecule has 0 saturated carbocycles. The highest BCUT2D eigenvalue weighted by Crippen LogP contribution is 2.30. The molecule has 0 radical (unpaired) electrons. The zero-order valence-electron chi connectivity index (χ0n) is 66.5. The fourth-order valence-electron chi connectivity index (χ4n) is 13.8. The Bertz CT molecular complexity index is 1850. The molecule has 0 aromatic carbocycles. The molecule has 0 bridgehead atoms. The Labute approximate surface area is 623 Å². The SMILES string of the molecule is CCCCCCCCCCC[C@H](CC(=O)NC1C(OC(=O)C[C@@H](CCCCCCCCCCC)OCCCCCCCCCC)[C@H](OC(=O)C(O)CO)C(CO)O[C@H]1OC[C@H](NC(=O)C[C@@H](CCCCCCCCCCC)OCCCCCCCCCC)C(=O)O)OCCCCCCCCCC. The van der Waals surface area contributed by atoms with E-state index in [1.807, 2.05) is 0 Å². The highest BCUT2D eigenvalue weighted by Gasteiger charge is 2.52. The van der Waals surface area contributed by atoms with Crippen molar-refractivity contribution in [3.05, 3.63) is 0 Å². The van der Waals surface area contributed by atoms with Crippen molar-refractivity contribution in [2.24, 2.45) is 0 Å². The average Bonchev–Trinajstić information content (AvgIpc) is 0.783. The Kier molecular flexibility index (Phi) is 67.5. The van der Waals surface area contributed by atoms with Crippen LogP contribution >= 0.6 is 0 Å². The monoisotopic (exact) mass is 1450 g/mol. The lowest BCUT2D eigenvalue weighted by molar-refractivity contribution is -0.280. The van der Waals surface area contributed by atoms with Crippen molar-refractivity contribution >= 4 is 29.7 Å². The topological polar surface area (TPSA) is 255 Å². The molecule has 18 nitrogen and oxygen atoms in total. The number of aliphatic hydroxyl groups is 3. The molecule has 1 aliphatic rings. The van der Waals surface area contributed by atoms with Gasteiger partial charge in [-0.25, -0.2) is 9.59 Å². The molecule has 1 fully saturated rings. The summed E-state index contributed by atoms with van der Waals surface area (Å²) < 4.78 is 44.5. The number of ether oxygens (including phenoxy) is 7. The summed E-state index contributed by atoms with van der Waals surface area (Å²) in [5, 5.41) is 48.1. The van der Waals surface area contributed by atoms with E-state index in [-0.39, 0.29) is 19.3 Å². The number of nitrogens with one attached hydrogen (secondary N) is 2. The lowest BCUT2D eigenvalue weighted by Crippen LogP contribution is -2.67. The Balaban J connectivity index is 3.81. The molecular weight excluding hydrogens is 1290 g/mol. The molecule has 1 saturated heterocycles. The molecule has 602 valence electrons. The molecule has 6 N–H and O–H groups in total. The molecule has 1 aliphatic heterocycles. The maximum absolute atomic E-state index is 14.9. The second-order valence-corrected chi connectivity index (χ2v) is 30.0. The number of rotatable bonds is 77. The normalized spacial score (nSPS) is 17.6. The van der Waals surface area contributed by atoms with Crippen molar-refractivity contribution in [2.75, 3.05) is 39.6 Å². The minimum absolute atomic E-state index is 0.0714. The minimum atomic E-state index is -2.02. The number of hydrogen-bond donors (Lipinski definition) is 6. The molecule has 1 rings (SSSR count). The second kappa shape index (κ2) is 71.0. The first-order valence-corrected chi connectivity index (χ1v) is 43.0. The fourth-order valence-corrected chi connectivity index (χ4v) is 13.8. The van der Waals surface area contributed by atoms with Crippen LogP contribution in [0, 0.1) is 0 Å². The number of esters is 2. The summed E-state index contributed by atoms with van der Waals surface area (Å²) in [5.41, 5.74) is 0. The van der Waals surface area contributed by atoms with E-state index in [0.29, 0.717) is 39.1 Å². The summed E-state index contributed by atoms with van der Waals surface area (Å²) in [7, 11) is 0. The summed E-state index contributed by atoms with van der Waals surface area (Å²) >= 11 is 0. The number of aliphatic carboxylic acids is 1. The lowest BCUT2D eigenvalue weighted by Gasteiger charge is -2.45. The molecule has 2 amide bonds. The zero-order valence-corrected chi connectivity index (χ0v) is 66.5. The summed E-state index contributed by atoms with van der Waals surface area (Å²) in [6.07, 6.45) is 48.8. The van der Waals surface area contributed by atoms with Gasteiger partial charge in [0.25, 0.3) is 0 Å². The largest absolute Gasteiger partial charge is 0.480 e. The number of amides is 2. The third-order valence-electron chi connectivity index (χ3n) is 20.3. The molecule has 4 unspecified atom stereocenters. The van der Waals surface area contributed by atoms with Crippen LogP contribution < -0.4 is 10.6 Å². The van der Waals surface area contributed by atoms with E-state index in [9.17, 15) is 44.4 Å². The Morgan fingerprint density at radius 1 is 0.392 bits per heavy atom. The number of hydrogen-bond acceptors (Lipinski definition) is 15. The number of carbonyl (C=O) groups excluding carboxylic acids is 4. The van der Waals surface area contributed by atoms with Crippen LogP contribution in [0.5, 0.6) is 0 Å². The third kappa shape index (κ3) is 54.6. The van der Waals surface area contributed by atoms with Gasteiger partial charge in [-0.3, -0.25) is 14.4 Å². The van der Waals surface area contributed by atoms with Crippen LogP contribution in [-0.4, -0.2) is 151 Å². The standard InChI is InChI=1S/C84H160N2O16/c1-7-13-19-25-31-37-40-46-52-58-70(96-61-55-49-43-34-28-22-16-10-4)64-76(90)85-73(82(93)94)69-99-84-79(86-77(91)65-71(59-53-47-41-38-32-26-20-14-8-2)97-62-56-50-44-35-29-23-17-11-5)81(80(75(68-88)100-84)102-83(95)74(89)67-87)101-78(92)66-72(60-54-48-42-39-33-27-21-15-9-3)98-63-57-51-45-36-30-24-18-12-6/h70-75,79-81,84,87-89H,7-69H2,1-6H3,(H,85,90)(H,86,91)(H,93,94)/t70-,71-,72-,73+,74?,75?,79?,80-,81?,84-/m1/s1. The predicted octanol–water partition coefficient (Wildman–Crippen LogP) is 19.5. The van der Waals surface area contributed by atoms with Crippen molar-refractivity contribution in [3.63, 3.8) is 0 Å². The van der Waals surface area contributed by atoms with Crippen LogP contribution in [-0.2, 0) is 57.1 Å². The van der Waals surface area contributed by atoms with E-state index in [1.54, 1.807) is 0 Å². The van der Waals surface area contributed by atoms with E-state index in [4.69, 9.17) is 33.2 Å². The summed E-state index contributed by atoms with van der Waals surface area (Å²) in [6, 6.07) is -3.16. The molecule has 0 spiro atoms. The Morgan fingerprint density at radius 3 is 1.03 bits per heavy atom. The van der Waals surface area contributed by atoms with Crippen molar-refractivity contribution in [1.82, 2.24) is 10.6 Å². The predicted molar refractivity (Wildman–Crippen MR) is 412 cm³/mol. The van der Waals surface area contributed by atoms with E-state index in [2.05, 4.69) is 52.2 Å². The first-order chi connectivity index (χ1) is 49.8. The molecule has 10 atom stereocenters. The van der Waals surface area contributed by atoms with Gasteiger partial charge in [-0.05, 0) is 38.5 Å². The quantitative estimate of drug-likeness (QED) is 0.0244. The summed E-state index contributed by atoms with van der Waals surface area (Å²) in [4.78, 5) is 70.7. The third-order valence-corrected chi connectivity index (χ3v) is 20.3. The number of carbonyl (C=O) groups is 5. The lowest BCUT2D eigenvalue weighted by atomic mass is 9.95. The molecule has 0 aromatic heterocycles. The van der Waals surface area contributed by atoms with Gasteiger partial charge >= 0.3 is 17.9 Å². The number of aliphatic hydroxyl groups excluding tert-OH is 3.